The second kappa shape index (κ2) is 3.49. The zero-order chi connectivity index (χ0) is 8.27. The summed E-state index contributed by atoms with van der Waals surface area (Å²) in [4.78, 5) is 0. The smallest absolute Gasteiger partial charge is 0.173 e. The van der Waals surface area contributed by atoms with E-state index in [1.807, 2.05) is 0 Å². The van der Waals surface area contributed by atoms with Gasteiger partial charge >= 0.3 is 0 Å². The van der Waals surface area contributed by atoms with Crippen LogP contribution in [0, 0.1) is 0 Å². The lowest BCUT2D eigenvalue weighted by Crippen LogP contribution is -1.72. The second-order valence-electron chi connectivity index (χ2n) is 1.96. The van der Waals surface area contributed by atoms with Crippen molar-refractivity contribution >= 4 is 17.7 Å². The summed E-state index contributed by atoms with van der Waals surface area (Å²) >= 11 is 5.59. The zero-order valence-electron chi connectivity index (χ0n) is 5.52. The molecular formula is C8H5ClF2. The van der Waals surface area contributed by atoms with E-state index in [4.69, 9.17) is 11.6 Å². The summed E-state index contributed by atoms with van der Waals surface area (Å²) in [6.45, 7) is 0. The summed E-state index contributed by atoms with van der Waals surface area (Å²) in [6, 6.07) is 6.44. The highest BCUT2D eigenvalue weighted by Gasteiger charge is 1.96. The predicted molar refractivity (Wildman–Crippen MR) is 41.6 cm³/mol. The molecule has 0 N–H and O–H groups in total. The lowest BCUT2D eigenvalue weighted by atomic mass is 10.2. The van der Waals surface area contributed by atoms with Crippen LogP contribution in [-0.2, 0) is 0 Å². The number of benzene rings is 1. The molecule has 0 spiro atoms. The first kappa shape index (κ1) is 8.21. The maximum Gasteiger partial charge on any atom is 0.270 e. The molecule has 58 valence electrons. The van der Waals surface area contributed by atoms with Crippen LogP contribution in [-0.4, -0.2) is 0 Å². The highest BCUT2D eigenvalue weighted by molar-refractivity contribution is 6.32. The Kier molecular flexibility index (Phi) is 2.60. The monoisotopic (exact) mass is 174 g/mol. The minimum absolute atomic E-state index is 0.334. The standard InChI is InChI=1S/C8H5ClF2/c9-7-4-2-1-3-6(7)5-8(10)11/h1-5H. The highest BCUT2D eigenvalue weighted by Crippen LogP contribution is 2.18. The molecule has 0 nitrogen and oxygen atoms in total. The van der Waals surface area contributed by atoms with Gasteiger partial charge in [0, 0.05) is 11.1 Å². The van der Waals surface area contributed by atoms with Crippen molar-refractivity contribution in [3.8, 4) is 0 Å². The van der Waals surface area contributed by atoms with Gasteiger partial charge in [0.2, 0.25) is 0 Å². The highest BCUT2D eigenvalue weighted by atomic mass is 35.5. The number of hydrogen-bond donors (Lipinski definition) is 0. The van der Waals surface area contributed by atoms with Gasteiger partial charge in [-0.2, -0.15) is 8.78 Å². The van der Waals surface area contributed by atoms with E-state index < -0.39 is 6.08 Å². The van der Waals surface area contributed by atoms with Crippen molar-refractivity contribution < 1.29 is 8.78 Å². The van der Waals surface area contributed by atoms with Crippen LogP contribution in [0.4, 0.5) is 8.78 Å². The molecule has 0 radical (unpaired) electrons. The fourth-order valence-electron chi connectivity index (χ4n) is 0.710. The Morgan fingerprint density at radius 2 is 1.91 bits per heavy atom. The van der Waals surface area contributed by atoms with Crippen LogP contribution in [0.1, 0.15) is 5.56 Å². The van der Waals surface area contributed by atoms with Crippen LogP contribution in [0.5, 0.6) is 0 Å². The van der Waals surface area contributed by atoms with E-state index in [1.165, 1.54) is 6.07 Å². The summed E-state index contributed by atoms with van der Waals surface area (Å²) in [5.74, 6) is 0. The minimum atomic E-state index is -1.74. The first-order valence-electron chi connectivity index (χ1n) is 2.97. The molecule has 0 aliphatic carbocycles. The lowest BCUT2D eigenvalue weighted by molar-refractivity contribution is 0.429. The van der Waals surface area contributed by atoms with Crippen LogP contribution in [0.15, 0.2) is 30.3 Å². The molecule has 1 aromatic carbocycles. The van der Waals surface area contributed by atoms with Crippen LogP contribution in [0.3, 0.4) is 0 Å². The van der Waals surface area contributed by atoms with Gasteiger partial charge in [0.05, 0.1) is 0 Å². The van der Waals surface area contributed by atoms with Gasteiger partial charge in [-0.1, -0.05) is 29.8 Å². The number of halogens is 3. The third-order valence-corrected chi connectivity index (χ3v) is 1.51. The van der Waals surface area contributed by atoms with Crippen LogP contribution < -0.4 is 0 Å². The van der Waals surface area contributed by atoms with Gasteiger partial charge in [-0.05, 0) is 11.6 Å². The van der Waals surface area contributed by atoms with E-state index >= 15 is 0 Å². The fourth-order valence-corrected chi connectivity index (χ4v) is 0.900. The molecule has 0 fully saturated rings. The summed E-state index contributed by atoms with van der Waals surface area (Å²) in [6.07, 6.45) is -0.999. The molecule has 0 aromatic heterocycles. The minimum Gasteiger partial charge on any atom is -0.173 e. The molecule has 1 aromatic rings. The maximum atomic E-state index is 11.7. The van der Waals surface area contributed by atoms with E-state index in [0.717, 1.165) is 6.08 Å². The first-order chi connectivity index (χ1) is 5.20. The average Bonchev–Trinajstić information content (AvgIpc) is 1.93. The van der Waals surface area contributed by atoms with E-state index in [2.05, 4.69) is 0 Å². The summed E-state index contributed by atoms with van der Waals surface area (Å²) in [7, 11) is 0. The van der Waals surface area contributed by atoms with Gasteiger partial charge in [-0.25, -0.2) is 0 Å². The second-order valence-corrected chi connectivity index (χ2v) is 2.36. The Morgan fingerprint density at radius 1 is 1.27 bits per heavy atom. The van der Waals surface area contributed by atoms with Gasteiger partial charge < -0.3 is 0 Å². The number of hydrogen-bond acceptors (Lipinski definition) is 0. The van der Waals surface area contributed by atoms with Gasteiger partial charge in [0.15, 0.2) is 0 Å². The molecule has 0 unspecified atom stereocenters. The Balaban J connectivity index is 3.04. The normalized spacial score (nSPS) is 9.36. The quantitative estimate of drug-likeness (QED) is 0.611. The molecule has 0 aliphatic heterocycles. The molecule has 0 amide bonds. The first-order valence-corrected chi connectivity index (χ1v) is 3.35. The zero-order valence-corrected chi connectivity index (χ0v) is 6.28. The van der Waals surface area contributed by atoms with E-state index in [9.17, 15) is 8.78 Å². The molecule has 0 heterocycles. The fraction of sp³-hybridized carbons (Fsp3) is 0. The van der Waals surface area contributed by atoms with Crippen molar-refractivity contribution in [2.45, 2.75) is 0 Å². The Hall–Kier alpha value is -0.890. The summed E-state index contributed by atoms with van der Waals surface area (Å²) in [5.41, 5.74) is 0.342. The van der Waals surface area contributed by atoms with E-state index in [1.54, 1.807) is 18.2 Å². The van der Waals surface area contributed by atoms with E-state index in [0.29, 0.717) is 10.6 Å². The van der Waals surface area contributed by atoms with Crippen LogP contribution in [0.2, 0.25) is 5.02 Å². The average molecular weight is 175 g/mol. The molecular weight excluding hydrogens is 170 g/mol. The van der Waals surface area contributed by atoms with Crippen molar-refractivity contribution in [2.75, 3.05) is 0 Å². The van der Waals surface area contributed by atoms with Gasteiger partial charge in [-0.3, -0.25) is 0 Å². The maximum absolute atomic E-state index is 11.7. The third kappa shape index (κ3) is 2.31. The number of rotatable bonds is 1. The molecule has 0 saturated heterocycles. The van der Waals surface area contributed by atoms with Crippen molar-refractivity contribution in [2.24, 2.45) is 0 Å². The van der Waals surface area contributed by atoms with Crippen LogP contribution >= 0.6 is 11.6 Å². The third-order valence-electron chi connectivity index (χ3n) is 1.17. The molecule has 3 heteroatoms. The Bertz CT molecular complexity index is 277. The molecule has 0 bridgehead atoms. The van der Waals surface area contributed by atoms with E-state index in [-0.39, 0.29) is 0 Å². The van der Waals surface area contributed by atoms with Gasteiger partial charge in [0.1, 0.15) is 0 Å². The molecule has 0 aliphatic rings. The predicted octanol–water partition coefficient (Wildman–Crippen LogP) is 3.58. The largest absolute Gasteiger partial charge is 0.270 e. The lowest BCUT2D eigenvalue weighted by Gasteiger charge is -1.93. The van der Waals surface area contributed by atoms with Crippen molar-refractivity contribution in [3.05, 3.63) is 40.9 Å². The molecule has 1 rings (SSSR count). The molecule has 0 atom stereocenters. The Labute approximate surface area is 68.1 Å². The molecule has 0 saturated carbocycles. The van der Waals surface area contributed by atoms with Crippen molar-refractivity contribution in [1.82, 2.24) is 0 Å². The Morgan fingerprint density at radius 3 is 2.45 bits per heavy atom. The van der Waals surface area contributed by atoms with Crippen molar-refractivity contribution in [3.63, 3.8) is 0 Å². The van der Waals surface area contributed by atoms with Crippen molar-refractivity contribution in [1.29, 1.82) is 0 Å². The summed E-state index contributed by atoms with van der Waals surface area (Å²) < 4.78 is 23.4. The summed E-state index contributed by atoms with van der Waals surface area (Å²) in [5, 5.41) is 0.334. The van der Waals surface area contributed by atoms with Gasteiger partial charge in [0.25, 0.3) is 6.08 Å². The van der Waals surface area contributed by atoms with Crippen LogP contribution in [0.25, 0.3) is 6.08 Å². The topological polar surface area (TPSA) is 0 Å². The molecule has 11 heavy (non-hydrogen) atoms. The van der Waals surface area contributed by atoms with Gasteiger partial charge in [-0.15, -0.1) is 0 Å². The SMILES string of the molecule is FC(F)=Cc1ccccc1Cl.